The Hall–Kier alpha value is -1.40. The van der Waals surface area contributed by atoms with E-state index in [2.05, 4.69) is 0 Å². The number of benzene rings is 1. The molecule has 3 heteroatoms. The zero-order chi connectivity index (χ0) is 9.42. The SMILES string of the molecule is Cc1c(F)cc(C#N)c2sccc12. The van der Waals surface area contributed by atoms with Crippen molar-refractivity contribution in [1.82, 2.24) is 0 Å². The first kappa shape index (κ1) is 8.21. The average Bonchev–Trinajstić information content (AvgIpc) is 2.60. The molecule has 2 rings (SSSR count). The van der Waals surface area contributed by atoms with Gasteiger partial charge >= 0.3 is 0 Å². The quantitative estimate of drug-likeness (QED) is 0.627. The van der Waals surface area contributed by atoms with Gasteiger partial charge in [-0.15, -0.1) is 11.3 Å². The van der Waals surface area contributed by atoms with Crippen LogP contribution >= 0.6 is 11.3 Å². The van der Waals surface area contributed by atoms with Crippen molar-refractivity contribution < 1.29 is 4.39 Å². The zero-order valence-corrected chi connectivity index (χ0v) is 7.78. The second-order valence-electron chi connectivity index (χ2n) is 2.81. The van der Waals surface area contributed by atoms with Crippen LogP contribution in [0.2, 0.25) is 0 Å². The van der Waals surface area contributed by atoms with E-state index in [0.29, 0.717) is 11.1 Å². The van der Waals surface area contributed by atoms with Gasteiger partial charge in [0.25, 0.3) is 0 Å². The first-order valence-electron chi connectivity index (χ1n) is 3.80. The van der Waals surface area contributed by atoms with E-state index in [4.69, 9.17) is 5.26 Å². The molecule has 0 atom stereocenters. The minimum atomic E-state index is -0.303. The smallest absolute Gasteiger partial charge is 0.128 e. The van der Waals surface area contributed by atoms with E-state index in [1.807, 2.05) is 17.5 Å². The summed E-state index contributed by atoms with van der Waals surface area (Å²) in [4.78, 5) is 0. The van der Waals surface area contributed by atoms with Crippen LogP contribution in [-0.4, -0.2) is 0 Å². The summed E-state index contributed by atoms with van der Waals surface area (Å²) in [7, 11) is 0. The summed E-state index contributed by atoms with van der Waals surface area (Å²) in [6, 6.07) is 5.14. The molecule has 64 valence electrons. The van der Waals surface area contributed by atoms with Crippen molar-refractivity contribution in [1.29, 1.82) is 5.26 Å². The Morgan fingerprint density at radius 3 is 3.00 bits per heavy atom. The molecule has 0 fully saturated rings. The van der Waals surface area contributed by atoms with E-state index in [1.165, 1.54) is 17.4 Å². The molecule has 2 aromatic rings. The fourth-order valence-corrected chi connectivity index (χ4v) is 2.25. The molecule has 0 bridgehead atoms. The van der Waals surface area contributed by atoms with Crippen LogP contribution in [0.15, 0.2) is 17.5 Å². The lowest BCUT2D eigenvalue weighted by Gasteiger charge is -1.99. The summed E-state index contributed by atoms with van der Waals surface area (Å²) in [5.41, 5.74) is 1.04. The fourth-order valence-electron chi connectivity index (χ4n) is 1.33. The molecule has 0 unspecified atom stereocenters. The third-order valence-corrected chi connectivity index (χ3v) is 3.01. The highest BCUT2D eigenvalue weighted by atomic mass is 32.1. The van der Waals surface area contributed by atoms with Gasteiger partial charge in [0, 0.05) is 0 Å². The number of nitriles is 1. The second-order valence-corrected chi connectivity index (χ2v) is 3.72. The molecule has 1 aromatic carbocycles. The molecule has 13 heavy (non-hydrogen) atoms. The molecule has 0 N–H and O–H groups in total. The van der Waals surface area contributed by atoms with E-state index >= 15 is 0 Å². The Morgan fingerprint density at radius 2 is 2.31 bits per heavy atom. The Morgan fingerprint density at radius 1 is 1.54 bits per heavy atom. The summed E-state index contributed by atoms with van der Waals surface area (Å²) in [5, 5.41) is 11.5. The van der Waals surface area contributed by atoms with Crippen LogP contribution in [0.1, 0.15) is 11.1 Å². The van der Waals surface area contributed by atoms with Crippen LogP contribution in [0.3, 0.4) is 0 Å². The molecule has 0 radical (unpaired) electrons. The molecule has 0 aliphatic rings. The van der Waals surface area contributed by atoms with Crippen LogP contribution in [0.4, 0.5) is 4.39 Å². The zero-order valence-electron chi connectivity index (χ0n) is 6.97. The van der Waals surface area contributed by atoms with Crippen LogP contribution in [0.5, 0.6) is 0 Å². The van der Waals surface area contributed by atoms with Gasteiger partial charge in [-0.1, -0.05) is 0 Å². The average molecular weight is 191 g/mol. The third kappa shape index (κ3) is 1.11. The summed E-state index contributed by atoms with van der Waals surface area (Å²) < 4.78 is 14.1. The first-order chi connectivity index (χ1) is 6.24. The van der Waals surface area contributed by atoms with Gasteiger partial charge in [-0.2, -0.15) is 5.26 Å². The number of rotatable bonds is 0. The standard InChI is InChI=1S/C10H6FNS/c1-6-8-2-3-13-10(8)7(5-12)4-9(6)11/h2-4H,1H3. The van der Waals surface area contributed by atoms with Crippen molar-refractivity contribution in [2.24, 2.45) is 0 Å². The van der Waals surface area contributed by atoms with E-state index in [0.717, 1.165) is 10.1 Å². The van der Waals surface area contributed by atoms with Gasteiger partial charge in [0.05, 0.1) is 10.3 Å². The molecule has 0 saturated carbocycles. The predicted octanol–water partition coefficient (Wildman–Crippen LogP) is 3.22. The highest BCUT2D eigenvalue weighted by molar-refractivity contribution is 7.17. The van der Waals surface area contributed by atoms with Gasteiger partial charge < -0.3 is 0 Å². The molecule has 0 saturated heterocycles. The van der Waals surface area contributed by atoms with E-state index in [-0.39, 0.29) is 5.82 Å². The van der Waals surface area contributed by atoms with Crippen LogP contribution in [0, 0.1) is 24.1 Å². The molecule has 1 heterocycles. The molecule has 1 aromatic heterocycles. The van der Waals surface area contributed by atoms with Crippen LogP contribution in [0.25, 0.3) is 10.1 Å². The Labute approximate surface area is 79.0 Å². The minimum Gasteiger partial charge on any atom is -0.207 e. The van der Waals surface area contributed by atoms with Crippen molar-refractivity contribution in [2.45, 2.75) is 6.92 Å². The second kappa shape index (κ2) is 2.82. The van der Waals surface area contributed by atoms with E-state index in [1.54, 1.807) is 6.92 Å². The van der Waals surface area contributed by atoms with Gasteiger partial charge in [0.15, 0.2) is 0 Å². The van der Waals surface area contributed by atoms with Gasteiger partial charge in [-0.05, 0) is 35.4 Å². The predicted molar refractivity (Wildman–Crippen MR) is 51.2 cm³/mol. The normalized spacial score (nSPS) is 10.2. The van der Waals surface area contributed by atoms with Crippen molar-refractivity contribution in [3.63, 3.8) is 0 Å². The van der Waals surface area contributed by atoms with Crippen LogP contribution in [-0.2, 0) is 0 Å². The molecule has 0 amide bonds. The third-order valence-electron chi connectivity index (χ3n) is 2.06. The summed E-state index contributed by atoms with van der Waals surface area (Å²) in [6.45, 7) is 1.73. The van der Waals surface area contributed by atoms with Crippen molar-refractivity contribution in [3.8, 4) is 6.07 Å². The maximum absolute atomic E-state index is 13.2. The number of hydrogen-bond donors (Lipinski definition) is 0. The Kier molecular flexibility index (Phi) is 1.78. The number of halogens is 1. The monoisotopic (exact) mass is 191 g/mol. The number of fused-ring (bicyclic) bond motifs is 1. The largest absolute Gasteiger partial charge is 0.207 e. The molecule has 0 aliphatic heterocycles. The van der Waals surface area contributed by atoms with Gasteiger partial charge in [-0.25, -0.2) is 4.39 Å². The topological polar surface area (TPSA) is 23.8 Å². The highest BCUT2D eigenvalue weighted by Gasteiger charge is 2.09. The number of thiophene rings is 1. The summed E-state index contributed by atoms with van der Waals surface area (Å²) in [6.07, 6.45) is 0. The van der Waals surface area contributed by atoms with E-state index in [9.17, 15) is 4.39 Å². The lowest BCUT2D eigenvalue weighted by molar-refractivity contribution is 0.620. The number of aryl methyl sites for hydroxylation is 1. The lowest BCUT2D eigenvalue weighted by Crippen LogP contribution is -1.85. The first-order valence-corrected chi connectivity index (χ1v) is 4.68. The summed E-state index contributed by atoms with van der Waals surface area (Å²) in [5.74, 6) is -0.303. The van der Waals surface area contributed by atoms with Crippen molar-refractivity contribution in [3.05, 3.63) is 34.5 Å². The Bertz CT molecular complexity index is 507. The molecule has 1 nitrogen and oxygen atoms in total. The summed E-state index contributed by atoms with van der Waals surface area (Å²) >= 11 is 1.47. The maximum Gasteiger partial charge on any atom is 0.128 e. The molecular formula is C10H6FNS. The maximum atomic E-state index is 13.2. The van der Waals surface area contributed by atoms with E-state index < -0.39 is 0 Å². The Balaban J connectivity index is 2.97. The highest BCUT2D eigenvalue weighted by Crippen LogP contribution is 2.29. The van der Waals surface area contributed by atoms with Crippen LogP contribution < -0.4 is 0 Å². The number of hydrogen-bond acceptors (Lipinski definition) is 2. The fraction of sp³-hybridized carbons (Fsp3) is 0.100. The molecule has 0 aliphatic carbocycles. The number of nitrogens with zero attached hydrogens (tertiary/aromatic N) is 1. The lowest BCUT2D eigenvalue weighted by atomic mass is 10.1. The van der Waals surface area contributed by atoms with Crippen molar-refractivity contribution in [2.75, 3.05) is 0 Å². The molecule has 0 spiro atoms. The minimum absolute atomic E-state index is 0.303. The molecular weight excluding hydrogens is 185 g/mol. The van der Waals surface area contributed by atoms with Gasteiger partial charge in [0.2, 0.25) is 0 Å². The van der Waals surface area contributed by atoms with Crippen molar-refractivity contribution >= 4 is 21.4 Å². The van der Waals surface area contributed by atoms with Gasteiger partial charge in [-0.3, -0.25) is 0 Å². The van der Waals surface area contributed by atoms with Gasteiger partial charge in [0.1, 0.15) is 11.9 Å².